The number of rotatable bonds is 3. The zero-order valence-corrected chi connectivity index (χ0v) is 11.2. The Bertz CT molecular complexity index is 598. The molecule has 1 aromatic heterocycles. The van der Waals surface area contributed by atoms with Gasteiger partial charge in [-0.05, 0) is 49.6 Å². The fourth-order valence-electron chi connectivity index (χ4n) is 2.02. The standard InChI is InChI=1S/C14H17FN4/c1-8-4-5-11(7-13(8)15)14(17-16)12-6-9(2)18-19-10(12)3/h4-7,14,17H,16H2,1-3H3. The first-order chi connectivity index (χ1) is 9.02. The van der Waals surface area contributed by atoms with E-state index in [0.717, 1.165) is 22.5 Å². The smallest absolute Gasteiger partial charge is 0.126 e. The lowest BCUT2D eigenvalue weighted by atomic mass is 9.97. The first-order valence-corrected chi connectivity index (χ1v) is 6.06. The lowest BCUT2D eigenvalue weighted by molar-refractivity contribution is 0.595. The van der Waals surface area contributed by atoms with Gasteiger partial charge in [-0.1, -0.05) is 12.1 Å². The predicted octanol–water partition coefficient (Wildman–Crippen LogP) is 2.09. The Kier molecular flexibility index (Phi) is 3.87. The molecule has 19 heavy (non-hydrogen) atoms. The van der Waals surface area contributed by atoms with E-state index in [9.17, 15) is 4.39 Å². The molecule has 1 aromatic carbocycles. The van der Waals surface area contributed by atoms with Crippen molar-refractivity contribution < 1.29 is 4.39 Å². The molecule has 1 heterocycles. The Labute approximate surface area is 111 Å². The van der Waals surface area contributed by atoms with E-state index in [4.69, 9.17) is 5.84 Å². The van der Waals surface area contributed by atoms with E-state index in [2.05, 4.69) is 15.6 Å². The van der Waals surface area contributed by atoms with Crippen LogP contribution in [0.5, 0.6) is 0 Å². The van der Waals surface area contributed by atoms with E-state index in [1.54, 1.807) is 13.0 Å². The Morgan fingerprint density at radius 2 is 1.89 bits per heavy atom. The minimum absolute atomic E-state index is 0.242. The fraction of sp³-hybridized carbons (Fsp3) is 0.286. The quantitative estimate of drug-likeness (QED) is 0.655. The predicted molar refractivity (Wildman–Crippen MR) is 71.8 cm³/mol. The lowest BCUT2D eigenvalue weighted by Crippen LogP contribution is -2.30. The molecule has 2 rings (SSSR count). The number of hydrogen-bond acceptors (Lipinski definition) is 4. The molecule has 4 nitrogen and oxygen atoms in total. The third kappa shape index (κ3) is 2.77. The second-order valence-electron chi connectivity index (χ2n) is 4.63. The van der Waals surface area contributed by atoms with Gasteiger partial charge in [0.1, 0.15) is 5.82 Å². The molecule has 5 heteroatoms. The third-order valence-corrected chi connectivity index (χ3v) is 3.15. The van der Waals surface area contributed by atoms with Gasteiger partial charge in [0, 0.05) is 0 Å². The number of hydrogen-bond donors (Lipinski definition) is 2. The van der Waals surface area contributed by atoms with Crippen LogP contribution in [0.15, 0.2) is 24.3 Å². The fourth-order valence-corrected chi connectivity index (χ4v) is 2.02. The molecule has 0 fully saturated rings. The van der Waals surface area contributed by atoms with Crippen molar-refractivity contribution in [3.05, 3.63) is 58.2 Å². The summed E-state index contributed by atoms with van der Waals surface area (Å²) in [6, 6.07) is 6.70. The normalized spacial score (nSPS) is 12.5. The summed E-state index contributed by atoms with van der Waals surface area (Å²) >= 11 is 0. The number of nitrogens with two attached hydrogens (primary N) is 1. The monoisotopic (exact) mass is 260 g/mol. The molecule has 100 valence electrons. The van der Waals surface area contributed by atoms with Crippen molar-refractivity contribution in [2.75, 3.05) is 0 Å². The van der Waals surface area contributed by atoms with Gasteiger partial charge in [0.25, 0.3) is 0 Å². The molecule has 1 unspecified atom stereocenters. The molecule has 0 saturated heterocycles. The van der Waals surface area contributed by atoms with E-state index in [-0.39, 0.29) is 11.9 Å². The SMILES string of the molecule is Cc1cc(C(NN)c2ccc(C)c(F)c2)c(C)nn1. The summed E-state index contributed by atoms with van der Waals surface area (Å²) in [7, 11) is 0. The van der Waals surface area contributed by atoms with Crippen LogP contribution in [-0.4, -0.2) is 10.2 Å². The maximum absolute atomic E-state index is 13.7. The highest BCUT2D eigenvalue weighted by Crippen LogP contribution is 2.24. The van der Waals surface area contributed by atoms with E-state index in [0.29, 0.717) is 5.56 Å². The van der Waals surface area contributed by atoms with Crippen LogP contribution in [0.25, 0.3) is 0 Å². The van der Waals surface area contributed by atoms with Crippen LogP contribution >= 0.6 is 0 Å². The maximum Gasteiger partial charge on any atom is 0.126 e. The minimum Gasteiger partial charge on any atom is -0.271 e. The summed E-state index contributed by atoms with van der Waals surface area (Å²) in [5.74, 6) is 5.38. The molecular weight excluding hydrogens is 243 g/mol. The Morgan fingerprint density at radius 1 is 1.16 bits per heavy atom. The average Bonchev–Trinajstić information content (AvgIpc) is 2.38. The molecule has 0 saturated carbocycles. The van der Waals surface area contributed by atoms with Gasteiger partial charge in [-0.3, -0.25) is 5.84 Å². The summed E-state index contributed by atoms with van der Waals surface area (Å²) in [5.41, 5.74) is 6.56. The molecule has 0 radical (unpaired) electrons. The van der Waals surface area contributed by atoms with Crippen molar-refractivity contribution in [3.63, 3.8) is 0 Å². The van der Waals surface area contributed by atoms with Gasteiger partial charge in [-0.2, -0.15) is 10.2 Å². The van der Waals surface area contributed by atoms with Gasteiger partial charge in [0.15, 0.2) is 0 Å². The highest BCUT2D eigenvalue weighted by Gasteiger charge is 2.17. The lowest BCUT2D eigenvalue weighted by Gasteiger charge is -2.19. The zero-order chi connectivity index (χ0) is 14.0. The number of nitrogens with zero attached hydrogens (tertiary/aromatic N) is 2. The topological polar surface area (TPSA) is 63.8 Å². The molecular formula is C14H17FN4. The Balaban J connectivity index is 2.49. The van der Waals surface area contributed by atoms with Gasteiger partial charge in [0.2, 0.25) is 0 Å². The first kappa shape index (κ1) is 13.6. The molecule has 0 spiro atoms. The highest BCUT2D eigenvalue weighted by molar-refractivity contribution is 5.35. The average molecular weight is 260 g/mol. The van der Waals surface area contributed by atoms with E-state index in [1.165, 1.54) is 6.07 Å². The Morgan fingerprint density at radius 3 is 2.53 bits per heavy atom. The van der Waals surface area contributed by atoms with Crippen LogP contribution < -0.4 is 11.3 Å². The van der Waals surface area contributed by atoms with Gasteiger partial charge in [0.05, 0.1) is 17.4 Å². The number of halogens is 1. The molecule has 3 N–H and O–H groups in total. The van der Waals surface area contributed by atoms with Crippen molar-refractivity contribution >= 4 is 0 Å². The van der Waals surface area contributed by atoms with E-state index < -0.39 is 0 Å². The third-order valence-electron chi connectivity index (χ3n) is 3.15. The van der Waals surface area contributed by atoms with Crippen molar-refractivity contribution in [1.82, 2.24) is 15.6 Å². The van der Waals surface area contributed by atoms with Crippen LogP contribution in [0.1, 0.15) is 34.1 Å². The van der Waals surface area contributed by atoms with Crippen LogP contribution in [0.3, 0.4) is 0 Å². The van der Waals surface area contributed by atoms with Crippen LogP contribution in [-0.2, 0) is 0 Å². The van der Waals surface area contributed by atoms with E-state index >= 15 is 0 Å². The van der Waals surface area contributed by atoms with Gasteiger partial charge in [-0.15, -0.1) is 0 Å². The molecule has 2 aromatic rings. The summed E-state index contributed by atoms with van der Waals surface area (Å²) < 4.78 is 13.7. The van der Waals surface area contributed by atoms with Crippen LogP contribution in [0.2, 0.25) is 0 Å². The number of aromatic nitrogens is 2. The van der Waals surface area contributed by atoms with Crippen molar-refractivity contribution in [3.8, 4) is 0 Å². The number of hydrazine groups is 1. The van der Waals surface area contributed by atoms with Crippen molar-refractivity contribution in [2.45, 2.75) is 26.8 Å². The molecule has 1 atom stereocenters. The summed E-state index contributed by atoms with van der Waals surface area (Å²) in [5, 5.41) is 8.06. The zero-order valence-electron chi connectivity index (χ0n) is 11.2. The van der Waals surface area contributed by atoms with Gasteiger partial charge < -0.3 is 0 Å². The second-order valence-corrected chi connectivity index (χ2v) is 4.63. The molecule has 0 aliphatic heterocycles. The molecule has 0 aliphatic rings. The summed E-state index contributed by atoms with van der Waals surface area (Å²) in [4.78, 5) is 0. The van der Waals surface area contributed by atoms with Crippen LogP contribution in [0.4, 0.5) is 4.39 Å². The second kappa shape index (κ2) is 5.42. The summed E-state index contributed by atoms with van der Waals surface area (Å²) in [6.07, 6.45) is 0. The highest BCUT2D eigenvalue weighted by atomic mass is 19.1. The van der Waals surface area contributed by atoms with Gasteiger partial charge >= 0.3 is 0 Å². The molecule has 0 bridgehead atoms. The van der Waals surface area contributed by atoms with E-state index in [1.807, 2.05) is 26.0 Å². The first-order valence-electron chi connectivity index (χ1n) is 6.06. The molecule has 0 aliphatic carbocycles. The molecule has 0 amide bonds. The van der Waals surface area contributed by atoms with Crippen molar-refractivity contribution in [2.24, 2.45) is 5.84 Å². The minimum atomic E-state index is -0.302. The summed E-state index contributed by atoms with van der Waals surface area (Å²) in [6.45, 7) is 5.45. The number of aryl methyl sites for hydroxylation is 3. The Hall–Kier alpha value is -1.85. The van der Waals surface area contributed by atoms with Gasteiger partial charge in [-0.25, -0.2) is 9.82 Å². The number of nitrogens with one attached hydrogen (secondary N) is 1. The van der Waals surface area contributed by atoms with Crippen molar-refractivity contribution in [1.29, 1.82) is 0 Å². The maximum atomic E-state index is 13.7. The largest absolute Gasteiger partial charge is 0.271 e. The number of benzene rings is 1. The van der Waals surface area contributed by atoms with Crippen LogP contribution in [0, 0.1) is 26.6 Å².